The second-order valence-corrected chi connectivity index (χ2v) is 7.10. The van der Waals surface area contributed by atoms with Gasteiger partial charge >= 0.3 is 0 Å². The molecule has 0 spiro atoms. The van der Waals surface area contributed by atoms with Crippen molar-refractivity contribution in [2.24, 2.45) is 0 Å². The topological polar surface area (TPSA) is 111 Å². The molecular formula is C24H19N3O6. The number of nitrogens with zero attached hydrogens (tertiary/aromatic N) is 2. The highest BCUT2D eigenvalue weighted by Crippen LogP contribution is 2.30. The Morgan fingerprint density at radius 3 is 2.39 bits per heavy atom. The number of amides is 2. The molecule has 1 N–H and O–H groups in total. The zero-order valence-corrected chi connectivity index (χ0v) is 17.6. The van der Waals surface area contributed by atoms with Crippen LogP contribution in [0, 0.1) is 10.1 Å². The number of hydrazine groups is 1. The number of anilines is 1. The van der Waals surface area contributed by atoms with E-state index >= 15 is 0 Å². The fourth-order valence-electron chi connectivity index (χ4n) is 3.25. The minimum Gasteiger partial charge on any atom is -0.493 e. The van der Waals surface area contributed by atoms with Crippen molar-refractivity contribution in [3.63, 3.8) is 0 Å². The molecule has 1 aliphatic heterocycles. The molecule has 4 rings (SSSR count). The van der Waals surface area contributed by atoms with Crippen LogP contribution in [0.25, 0.3) is 6.08 Å². The summed E-state index contributed by atoms with van der Waals surface area (Å²) >= 11 is 0. The first-order valence-corrected chi connectivity index (χ1v) is 9.92. The summed E-state index contributed by atoms with van der Waals surface area (Å²) in [5, 5.41) is 12.0. The monoisotopic (exact) mass is 445 g/mol. The first-order chi connectivity index (χ1) is 16.0. The van der Waals surface area contributed by atoms with Gasteiger partial charge in [-0.05, 0) is 53.6 Å². The van der Waals surface area contributed by atoms with Crippen molar-refractivity contribution in [3.8, 4) is 11.5 Å². The maximum Gasteiger partial charge on any atom is 0.282 e. The zero-order valence-electron chi connectivity index (χ0n) is 17.6. The Balaban J connectivity index is 1.50. The zero-order chi connectivity index (χ0) is 23.4. The van der Waals surface area contributed by atoms with Gasteiger partial charge < -0.3 is 9.47 Å². The molecule has 33 heavy (non-hydrogen) atoms. The summed E-state index contributed by atoms with van der Waals surface area (Å²) in [4.78, 5) is 35.4. The molecule has 9 nitrogen and oxygen atoms in total. The van der Waals surface area contributed by atoms with Crippen LogP contribution in [-0.2, 0) is 16.2 Å². The molecule has 0 radical (unpaired) electrons. The van der Waals surface area contributed by atoms with Crippen molar-refractivity contribution in [1.82, 2.24) is 5.43 Å². The van der Waals surface area contributed by atoms with Crippen LogP contribution in [0.3, 0.4) is 0 Å². The number of hydrogen-bond donors (Lipinski definition) is 1. The Morgan fingerprint density at radius 1 is 1.00 bits per heavy atom. The molecule has 0 unspecified atom stereocenters. The first-order valence-electron chi connectivity index (χ1n) is 9.92. The van der Waals surface area contributed by atoms with Gasteiger partial charge in [-0.15, -0.1) is 0 Å². The minimum atomic E-state index is -0.499. The fraction of sp³-hybridized carbons (Fsp3) is 0.0833. The second kappa shape index (κ2) is 9.23. The number of rotatable bonds is 7. The summed E-state index contributed by atoms with van der Waals surface area (Å²) < 4.78 is 11.2. The van der Waals surface area contributed by atoms with Crippen LogP contribution in [0.5, 0.6) is 11.5 Å². The Hall–Kier alpha value is -4.66. The lowest BCUT2D eigenvalue weighted by Crippen LogP contribution is -2.35. The lowest BCUT2D eigenvalue weighted by Gasteiger charge is -2.14. The van der Waals surface area contributed by atoms with E-state index in [1.807, 2.05) is 6.07 Å². The van der Waals surface area contributed by atoms with Gasteiger partial charge in [-0.3, -0.25) is 25.1 Å². The molecule has 0 aliphatic carbocycles. The van der Waals surface area contributed by atoms with E-state index in [0.29, 0.717) is 22.7 Å². The molecule has 9 heteroatoms. The van der Waals surface area contributed by atoms with Crippen molar-refractivity contribution in [1.29, 1.82) is 0 Å². The van der Waals surface area contributed by atoms with Crippen molar-refractivity contribution >= 4 is 29.3 Å². The lowest BCUT2D eigenvalue weighted by molar-refractivity contribution is -0.384. The minimum absolute atomic E-state index is 0.000421. The van der Waals surface area contributed by atoms with Crippen LogP contribution in [0.4, 0.5) is 11.4 Å². The van der Waals surface area contributed by atoms with Gasteiger partial charge in [0.15, 0.2) is 11.5 Å². The molecule has 0 aromatic heterocycles. The normalized spacial score (nSPS) is 14.3. The summed E-state index contributed by atoms with van der Waals surface area (Å²) in [6.07, 6.45) is 1.49. The second-order valence-electron chi connectivity index (χ2n) is 7.10. The maximum atomic E-state index is 12.7. The Kier molecular flexibility index (Phi) is 6.03. The van der Waals surface area contributed by atoms with Crippen molar-refractivity contribution in [2.75, 3.05) is 12.1 Å². The highest BCUT2D eigenvalue weighted by molar-refractivity contribution is 6.31. The van der Waals surface area contributed by atoms with E-state index in [4.69, 9.17) is 9.47 Å². The number of nitro benzene ring substituents is 1. The number of carbonyl (C=O) groups is 2. The molecule has 0 atom stereocenters. The molecule has 1 saturated heterocycles. The predicted molar refractivity (Wildman–Crippen MR) is 120 cm³/mol. The quantitative estimate of drug-likeness (QED) is 0.257. The van der Waals surface area contributed by atoms with Crippen LogP contribution in [0.15, 0.2) is 78.4 Å². The van der Waals surface area contributed by atoms with Crippen LogP contribution < -0.4 is 19.9 Å². The lowest BCUT2D eigenvalue weighted by atomic mass is 10.1. The van der Waals surface area contributed by atoms with Crippen molar-refractivity contribution in [2.45, 2.75) is 6.61 Å². The Bertz CT molecular complexity index is 1240. The molecule has 3 aromatic rings. The van der Waals surface area contributed by atoms with Gasteiger partial charge in [0, 0.05) is 12.1 Å². The molecule has 2 amide bonds. The molecular weight excluding hydrogens is 426 g/mol. The Labute approximate surface area is 189 Å². The summed E-state index contributed by atoms with van der Waals surface area (Å²) in [5.41, 5.74) is 4.46. The number of methoxy groups -OCH3 is 1. The van der Waals surface area contributed by atoms with Gasteiger partial charge in [0.2, 0.25) is 0 Å². The van der Waals surface area contributed by atoms with E-state index in [9.17, 15) is 19.7 Å². The standard InChI is InChI=1S/C24H19N3O6/c1-32-22-14-17(9-12-21(22)33-15-16-7-10-19(11-8-16)27(30)31)13-20-23(28)25-26(24(20)29)18-5-3-2-4-6-18/h2-14H,15H2,1H3,(H,25,28)/b20-13+. The first kappa shape index (κ1) is 21.6. The van der Waals surface area contributed by atoms with E-state index < -0.39 is 16.7 Å². The predicted octanol–water partition coefficient (Wildman–Crippen LogP) is 3.64. The summed E-state index contributed by atoms with van der Waals surface area (Å²) in [6, 6.07) is 19.9. The third-order valence-electron chi connectivity index (χ3n) is 4.95. The van der Waals surface area contributed by atoms with Gasteiger partial charge in [0.05, 0.1) is 17.7 Å². The number of benzene rings is 3. The number of nitro groups is 1. The molecule has 1 heterocycles. The van der Waals surface area contributed by atoms with Crippen LogP contribution >= 0.6 is 0 Å². The average Bonchev–Trinajstić information content (AvgIpc) is 3.12. The van der Waals surface area contributed by atoms with E-state index in [2.05, 4.69) is 5.43 Å². The van der Waals surface area contributed by atoms with Gasteiger partial charge in [-0.1, -0.05) is 24.3 Å². The van der Waals surface area contributed by atoms with Gasteiger partial charge in [-0.2, -0.15) is 0 Å². The summed E-state index contributed by atoms with van der Waals surface area (Å²) in [6.45, 7) is 0.182. The van der Waals surface area contributed by atoms with E-state index in [1.54, 1.807) is 54.6 Å². The summed E-state index contributed by atoms with van der Waals surface area (Å²) in [5.74, 6) is -0.0897. The number of hydrogen-bond acceptors (Lipinski definition) is 6. The van der Waals surface area contributed by atoms with E-state index in [0.717, 1.165) is 5.56 Å². The number of ether oxygens (including phenoxy) is 2. The van der Waals surface area contributed by atoms with Crippen LogP contribution in [0.2, 0.25) is 0 Å². The molecule has 3 aromatic carbocycles. The molecule has 166 valence electrons. The number of non-ortho nitro benzene ring substituents is 1. The molecule has 1 aliphatic rings. The van der Waals surface area contributed by atoms with Crippen molar-refractivity contribution < 1.29 is 24.0 Å². The Morgan fingerprint density at radius 2 is 1.73 bits per heavy atom. The maximum absolute atomic E-state index is 12.7. The number of para-hydroxylation sites is 1. The molecule has 0 bridgehead atoms. The van der Waals surface area contributed by atoms with Gasteiger partial charge in [0.1, 0.15) is 12.2 Å². The van der Waals surface area contributed by atoms with Crippen LogP contribution in [-0.4, -0.2) is 23.8 Å². The summed E-state index contributed by atoms with van der Waals surface area (Å²) in [7, 11) is 1.48. The third kappa shape index (κ3) is 4.67. The van der Waals surface area contributed by atoms with Crippen molar-refractivity contribution in [3.05, 3.63) is 99.6 Å². The average molecular weight is 445 g/mol. The van der Waals surface area contributed by atoms with E-state index in [1.165, 1.54) is 30.3 Å². The molecule has 1 fully saturated rings. The highest BCUT2D eigenvalue weighted by Gasteiger charge is 2.34. The van der Waals surface area contributed by atoms with E-state index in [-0.39, 0.29) is 17.9 Å². The fourth-order valence-corrected chi connectivity index (χ4v) is 3.25. The van der Waals surface area contributed by atoms with Gasteiger partial charge in [-0.25, -0.2) is 5.01 Å². The third-order valence-corrected chi connectivity index (χ3v) is 4.95. The van der Waals surface area contributed by atoms with Crippen LogP contribution in [0.1, 0.15) is 11.1 Å². The molecule has 0 saturated carbocycles. The highest BCUT2D eigenvalue weighted by atomic mass is 16.6. The number of carbonyl (C=O) groups excluding carboxylic acids is 2. The SMILES string of the molecule is COc1cc(/C=C2\C(=O)NN(c3ccccc3)C2=O)ccc1OCc1ccc([N+](=O)[O-])cc1. The number of nitrogens with one attached hydrogen (secondary N) is 1. The largest absolute Gasteiger partial charge is 0.493 e. The van der Waals surface area contributed by atoms with Gasteiger partial charge in [0.25, 0.3) is 17.5 Å². The smallest absolute Gasteiger partial charge is 0.282 e.